The van der Waals surface area contributed by atoms with E-state index in [1.807, 2.05) is 0 Å². The molecule has 1 N–H and O–H groups in total. The first-order valence-corrected chi connectivity index (χ1v) is 6.72. The third-order valence-corrected chi connectivity index (χ3v) is 4.07. The van der Waals surface area contributed by atoms with Crippen molar-refractivity contribution in [2.45, 2.75) is 19.9 Å². The lowest BCUT2D eigenvalue weighted by Crippen LogP contribution is -2.46. The van der Waals surface area contributed by atoms with E-state index in [4.69, 9.17) is 0 Å². The predicted octanol–water partition coefficient (Wildman–Crippen LogP) is 1.58. The Kier molecular flexibility index (Phi) is 4.38. The van der Waals surface area contributed by atoms with Gasteiger partial charge in [-0.05, 0) is 37.6 Å². The van der Waals surface area contributed by atoms with Gasteiger partial charge in [0.15, 0.2) is 0 Å². The number of hydrogen-bond donors (Lipinski definition) is 1. The molecule has 0 saturated carbocycles. The van der Waals surface area contributed by atoms with E-state index in [1.165, 1.54) is 16.7 Å². The number of hydrogen-bond acceptors (Lipinski definition) is 3. The molecule has 0 radical (unpaired) electrons. The van der Waals surface area contributed by atoms with E-state index in [1.54, 1.807) is 0 Å². The van der Waals surface area contributed by atoms with E-state index in [2.05, 4.69) is 48.9 Å². The molecule has 0 bridgehead atoms. The average Bonchev–Trinajstić information content (AvgIpc) is 2.37. The van der Waals surface area contributed by atoms with Gasteiger partial charge in [0.25, 0.3) is 0 Å². The van der Waals surface area contributed by atoms with Crippen molar-refractivity contribution in [3.63, 3.8) is 0 Å². The Morgan fingerprint density at radius 3 is 2.33 bits per heavy atom. The lowest BCUT2D eigenvalue weighted by Gasteiger charge is -2.37. The minimum Gasteiger partial charge on any atom is -0.394 e. The molecule has 1 aliphatic rings. The van der Waals surface area contributed by atoms with Crippen molar-refractivity contribution in [1.82, 2.24) is 9.80 Å². The molecule has 1 atom stereocenters. The summed E-state index contributed by atoms with van der Waals surface area (Å²) in [6.45, 7) is 8.71. The van der Waals surface area contributed by atoms with Crippen LogP contribution in [-0.4, -0.2) is 54.7 Å². The summed E-state index contributed by atoms with van der Waals surface area (Å²) in [5.41, 5.74) is 3.86. The zero-order valence-electron chi connectivity index (χ0n) is 11.7. The lowest BCUT2D eigenvalue weighted by atomic mass is 10.00. The van der Waals surface area contributed by atoms with Crippen LogP contribution >= 0.6 is 0 Å². The number of likely N-dealkylation sites (N-methyl/N-ethyl adjacent to an activating group) is 1. The van der Waals surface area contributed by atoms with Crippen LogP contribution in [0.1, 0.15) is 22.7 Å². The second-order valence-electron chi connectivity index (χ2n) is 5.38. The molecule has 1 aromatic rings. The maximum atomic E-state index is 9.70. The lowest BCUT2D eigenvalue weighted by molar-refractivity contribution is 0.0748. The van der Waals surface area contributed by atoms with E-state index >= 15 is 0 Å². The Hall–Kier alpha value is -0.900. The van der Waals surface area contributed by atoms with Crippen LogP contribution in [0.15, 0.2) is 18.2 Å². The van der Waals surface area contributed by atoms with E-state index in [0.717, 1.165) is 26.2 Å². The third kappa shape index (κ3) is 2.91. The SMILES string of the molecule is Cc1ccc(C(CO)N2CCN(C)CC2)cc1C. The van der Waals surface area contributed by atoms with Gasteiger partial charge in [-0.3, -0.25) is 4.90 Å². The van der Waals surface area contributed by atoms with Crippen LogP contribution in [-0.2, 0) is 0 Å². The second-order valence-corrected chi connectivity index (χ2v) is 5.38. The molecule has 18 heavy (non-hydrogen) atoms. The van der Waals surface area contributed by atoms with E-state index in [-0.39, 0.29) is 12.6 Å². The summed E-state index contributed by atoms with van der Waals surface area (Å²) in [5, 5.41) is 9.70. The van der Waals surface area contributed by atoms with Gasteiger partial charge < -0.3 is 10.0 Å². The fourth-order valence-electron chi connectivity index (χ4n) is 2.54. The van der Waals surface area contributed by atoms with Crippen molar-refractivity contribution in [3.05, 3.63) is 34.9 Å². The van der Waals surface area contributed by atoms with E-state index in [0.29, 0.717) is 0 Å². The fraction of sp³-hybridized carbons (Fsp3) is 0.600. The molecule has 0 aliphatic carbocycles. The minimum atomic E-state index is 0.151. The van der Waals surface area contributed by atoms with Crippen molar-refractivity contribution in [2.24, 2.45) is 0 Å². The highest BCUT2D eigenvalue weighted by Gasteiger charge is 2.23. The summed E-state index contributed by atoms with van der Waals surface area (Å²) in [5.74, 6) is 0. The van der Waals surface area contributed by atoms with Gasteiger partial charge in [0.2, 0.25) is 0 Å². The molecule has 0 spiro atoms. The Labute approximate surface area is 110 Å². The van der Waals surface area contributed by atoms with Gasteiger partial charge in [0, 0.05) is 26.2 Å². The number of benzene rings is 1. The van der Waals surface area contributed by atoms with Gasteiger partial charge in [-0.25, -0.2) is 0 Å². The number of aliphatic hydroxyl groups is 1. The molecular formula is C15H24N2O. The molecule has 3 nitrogen and oxygen atoms in total. The zero-order valence-corrected chi connectivity index (χ0v) is 11.7. The van der Waals surface area contributed by atoms with Gasteiger partial charge in [0.1, 0.15) is 0 Å². The Morgan fingerprint density at radius 2 is 1.78 bits per heavy atom. The van der Waals surface area contributed by atoms with Crippen LogP contribution in [0.3, 0.4) is 0 Å². The topological polar surface area (TPSA) is 26.7 Å². The van der Waals surface area contributed by atoms with Crippen LogP contribution in [0.5, 0.6) is 0 Å². The Balaban J connectivity index is 2.14. The van der Waals surface area contributed by atoms with E-state index < -0.39 is 0 Å². The standard InChI is InChI=1S/C15H24N2O/c1-12-4-5-14(10-13(12)2)15(11-18)17-8-6-16(3)7-9-17/h4-5,10,15,18H,6-9,11H2,1-3H3. The third-order valence-electron chi connectivity index (χ3n) is 4.07. The van der Waals surface area contributed by atoms with Crippen molar-refractivity contribution < 1.29 is 5.11 Å². The number of aryl methyl sites for hydroxylation is 2. The summed E-state index contributed by atoms with van der Waals surface area (Å²) in [6, 6.07) is 6.68. The van der Waals surface area contributed by atoms with Crippen molar-refractivity contribution in [1.29, 1.82) is 0 Å². The molecule has 1 unspecified atom stereocenters. The molecule has 1 fully saturated rings. The van der Waals surface area contributed by atoms with Crippen LogP contribution in [0.25, 0.3) is 0 Å². The molecular weight excluding hydrogens is 224 g/mol. The summed E-state index contributed by atoms with van der Waals surface area (Å²) in [7, 11) is 2.15. The molecule has 2 rings (SSSR count). The number of piperazine rings is 1. The largest absolute Gasteiger partial charge is 0.394 e. The monoisotopic (exact) mass is 248 g/mol. The molecule has 1 aromatic carbocycles. The smallest absolute Gasteiger partial charge is 0.0628 e. The Morgan fingerprint density at radius 1 is 1.11 bits per heavy atom. The second kappa shape index (κ2) is 5.83. The van der Waals surface area contributed by atoms with Gasteiger partial charge in [-0.15, -0.1) is 0 Å². The van der Waals surface area contributed by atoms with Gasteiger partial charge in [-0.1, -0.05) is 18.2 Å². The quantitative estimate of drug-likeness (QED) is 0.880. The van der Waals surface area contributed by atoms with Crippen LogP contribution in [0.2, 0.25) is 0 Å². The number of rotatable bonds is 3. The summed E-state index contributed by atoms with van der Waals surface area (Å²) >= 11 is 0. The number of aliphatic hydroxyl groups excluding tert-OH is 1. The summed E-state index contributed by atoms with van der Waals surface area (Å²) in [6.07, 6.45) is 0. The molecule has 1 aliphatic heterocycles. The number of nitrogens with zero attached hydrogens (tertiary/aromatic N) is 2. The van der Waals surface area contributed by atoms with Crippen LogP contribution < -0.4 is 0 Å². The molecule has 3 heteroatoms. The first kappa shape index (κ1) is 13.5. The maximum absolute atomic E-state index is 9.70. The highest BCUT2D eigenvalue weighted by molar-refractivity contribution is 5.31. The fourth-order valence-corrected chi connectivity index (χ4v) is 2.54. The molecule has 0 amide bonds. The van der Waals surface area contributed by atoms with Gasteiger partial charge in [0.05, 0.1) is 12.6 Å². The maximum Gasteiger partial charge on any atom is 0.0628 e. The van der Waals surface area contributed by atoms with Gasteiger partial charge in [-0.2, -0.15) is 0 Å². The van der Waals surface area contributed by atoms with Crippen LogP contribution in [0, 0.1) is 13.8 Å². The first-order valence-electron chi connectivity index (χ1n) is 6.72. The molecule has 0 aromatic heterocycles. The summed E-state index contributed by atoms with van der Waals surface area (Å²) in [4.78, 5) is 4.73. The molecule has 100 valence electrons. The van der Waals surface area contributed by atoms with Gasteiger partial charge >= 0.3 is 0 Å². The van der Waals surface area contributed by atoms with Crippen molar-refractivity contribution in [3.8, 4) is 0 Å². The highest BCUT2D eigenvalue weighted by Crippen LogP contribution is 2.23. The van der Waals surface area contributed by atoms with Crippen LogP contribution in [0.4, 0.5) is 0 Å². The minimum absolute atomic E-state index is 0.151. The first-order chi connectivity index (χ1) is 8.61. The predicted molar refractivity (Wildman–Crippen MR) is 74.8 cm³/mol. The van der Waals surface area contributed by atoms with E-state index in [9.17, 15) is 5.11 Å². The highest BCUT2D eigenvalue weighted by atomic mass is 16.3. The average molecular weight is 248 g/mol. The summed E-state index contributed by atoms with van der Waals surface area (Å²) < 4.78 is 0. The molecule has 1 heterocycles. The Bertz CT molecular complexity index is 397. The zero-order chi connectivity index (χ0) is 13.1. The normalized spacial score (nSPS) is 20.0. The van der Waals surface area contributed by atoms with Crippen molar-refractivity contribution >= 4 is 0 Å². The molecule has 1 saturated heterocycles. The van der Waals surface area contributed by atoms with Crippen molar-refractivity contribution in [2.75, 3.05) is 39.8 Å².